The molecule has 4 nitrogen and oxygen atoms in total. The van der Waals surface area contributed by atoms with E-state index in [9.17, 15) is 8.42 Å². The van der Waals surface area contributed by atoms with Crippen molar-refractivity contribution in [2.45, 2.75) is 31.8 Å². The Labute approximate surface area is 72.9 Å². The van der Waals surface area contributed by atoms with E-state index in [0.29, 0.717) is 0 Å². The van der Waals surface area contributed by atoms with Crippen LogP contribution in [0.3, 0.4) is 0 Å². The van der Waals surface area contributed by atoms with Crippen LogP contribution in [0.15, 0.2) is 0 Å². The molecule has 0 radical (unpaired) electrons. The second-order valence-corrected chi connectivity index (χ2v) is 4.38. The van der Waals surface area contributed by atoms with Crippen molar-refractivity contribution < 1.29 is 8.42 Å². The van der Waals surface area contributed by atoms with Crippen LogP contribution in [0.25, 0.3) is 0 Å². The third kappa shape index (κ3) is 3.22. The molecule has 1 fully saturated rings. The van der Waals surface area contributed by atoms with E-state index in [1.165, 1.54) is 0 Å². The van der Waals surface area contributed by atoms with Crippen molar-refractivity contribution in [3.63, 3.8) is 0 Å². The second kappa shape index (κ2) is 3.44. The predicted octanol–water partition coefficient (Wildman–Crippen LogP) is -0.405. The molecule has 1 rings (SSSR count). The molecule has 1 unspecified atom stereocenters. The van der Waals surface area contributed by atoms with E-state index in [1.54, 1.807) is 6.92 Å². The molecule has 1 aliphatic carbocycles. The summed E-state index contributed by atoms with van der Waals surface area (Å²) in [5.74, 6) is 2.28. The zero-order chi connectivity index (χ0) is 9.19. The first-order valence-corrected chi connectivity index (χ1v) is 5.27. The fourth-order valence-corrected chi connectivity index (χ4v) is 2.00. The molecule has 0 aromatic heterocycles. The zero-order valence-corrected chi connectivity index (χ0v) is 7.69. The van der Waals surface area contributed by atoms with Crippen LogP contribution in [0.2, 0.25) is 0 Å². The summed E-state index contributed by atoms with van der Waals surface area (Å²) in [5.41, 5.74) is 0. The van der Waals surface area contributed by atoms with Crippen molar-refractivity contribution in [1.82, 2.24) is 9.44 Å². The predicted molar refractivity (Wildman–Crippen MR) is 46.5 cm³/mol. The SMILES string of the molecule is C#CC(C)NS(=O)(=O)NC1CC1. The highest BCUT2D eigenvalue weighted by atomic mass is 32.2. The summed E-state index contributed by atoms with van der Waals surface area (Å²) >= 11 is 0. The van der Waals surface area contributed by atoms with Crippen LogP contribution in [0.5, 0.6) is 0 Å². The molecular weight excluding hydrogens is 176 g/mol. The fraction of sp³-hybridized carbons (Fsp3) is 0.714. The Kier molecular flexibility index (Phi) is 2.73. The Morgan fingerprint density at radius 1 is 1.58 bits per heavy atom. The minimum absolute atomic E-state index is 0.118. The molecule has 0 aromatic carbocycles. The van der Waals surface area contributed by atoms with Gasteiger partial charge in [-0.2, -0.15) is 17.9 Å². The number of hydrogen-bond acceptors (Lipinski definition) is 2. The van der Waals surface area contributed by atoms with Gasteiger partial charge in [0.25, 0.3) is 10.2 Å². The van der Waals surface area contributed by atoms with Crippen LogP contribution in [0.1, 0.15) is 19.8 Å². The van der Waals surface area contributed by atoms with Crippen molar-refractivity contribution in [1.29, 1.82) is 0 Å². The van der Waals surface area contributed by atoms with E-state index in [1.807, 2.05) is 0 Å². The van der Waals surface area contributed by atoms with Gasteiger partial charge in [-0.15, -0.1) is 6.42 Å². The topological polar surface area (TPSA) is 58.2 Å². The Balaban J connectivity index is 2.43. The third-order valence-corrected chi connectivity index (χ3v) is 2.79. The Morgan fingerprint density at radius 2 is 2.17 bits per heavy atom. The van der Waals surface area contributed by atoms with Crippen LogP contribution in [-0.2, 0) is 10.2 Å². The van der Waals surface area contributed by atoms with E-state index in [2.05, 4.69) is 15.4 Å². The van der Waals surface area contributed by atoms with Gasteiger partial charge >= 0.3 is 0 Å². The van der Waals surface area contributed by atoms with Gasteiger partial charge in [-0.3, -0.25) is 0 Å². The van der Waals surface area contributed by atoms with Crippen LogP contribution in [-0.4, -0.2) is 20.5 Å². The number of hydrogen-bond donors (Lipinski definition) is 2. The molecule has 0 aromatic rings. The zero-order valence-electron chi connectivity index (χ0n) is 6.87. The molecule has 1 saturated carbocycles. The highest BCUT2D eigenvalue weighted by Gasteiger charge is 2.27. The van der Waals surface area contributed by atoms with Gasteiger partial charge in [0.2, 0.25) is 0 Å². The molecule has 12 heavy (non-hydrogen) atoms. The van der Waals surface area contributed by atoms with Crippen LogP contribution in [0.4, 0.5) is 0 Å². The average Bonchev–Trinajstić information content (AvgIpc) is 2.69. The summed E-state index contributed by atoms with van der Waals surface area (Å²) in [6.45, 7) is 1.62. The average molecular weight is 188 g/mol. The van der Waals surface area contributed by atoms with E-state index >= 15 is 0 Å². The van der Waals surface area contributed by atoms with Gasteiger partial charge in [-0.05, 0) is 19.8 Å². The van der Waals surface area contributed by atoms with Crippen molar-refractivity contribution >= 4 is 10.2 Å². The minimum Gasteiger partial charge on any atom is -0.199 e. The van der Waals surface area contributed by atoms with Gasteiger partial charge in [0, 0.05) is 6.04 Å². The Morgan fingerprint density at radius 3 is 2.58 bits per heavy atom. The number of nitrogens with one attached hydrogen (secondary N) is 2. The Bertz CT molecular complexity index is 287. The maximum Gasteiger partial charge on any atom is 0.278 e. The second-order valence-electron chi connectivity index (χ2n) is 2.90. The highest BCUT2D eigenvalue weighted by Crippen LogP contribution is 2.19. The lowest BCUT2D eigenvalue weighted by Crippen LogP contribution is -2.41. The minimum atomic E-state index is -3.37. The maximum atomic E-state index is 11.1. The lowest BCUT2D eigenvalue weighted by Gasteiger charge is -2.08. The first-order chi connectivity index (χ1) is 5.53. The molecule has 2 N–H and O–H groups in total. The van der Waals surface area contributed by atoms with E-state index in [-0.39, 0.29) is 6.04 Å². The molecule has 0 saturated heterocycles. The quantitative estimate of drug-likeness (QED) is 0.589. The Hall–Kier alpha value is -0.570. The molecular formula is C7H12N2O2S. The van der Waals surface area contributed by atoms with Gasteiger partial charge in [-0.25, -0.2) is 0 Å². The molecule has 0 heterocycles. The lowest BCUT2D eigenvalue weighted by atomic mass is 10.4. The standard InChI is InChI=1S/C7H12N2O2S/c1-3-6(2)8-12(10,11)9-7-4-5-7/h1,6-9H,4-5H2,2H3. The number of terminal acetylenes is 1. The van der Waals surface area contributed by atoms with Crippen LogP contribution >= 0.6 is 0 Å². The largest absolute Gasteiger partial charge is 0.278 e. The normalized spacial score (nSPS) is 20.0. The van der Waals surface area contributed by atoms with Crippen molar-refractivity contribution in [3.05, 3.63) is 0 Å². The summed E-state index contributed by atoms with van der Waals surface area (Å²) in [7, 11) is -3.37. The molecule has 0 bridgehead atoms. The monoisotopic (exact) mass is 188 g/mol. The summed E-state index contributed by atoms with van der Waals surface area (Å²) < 4.78 is 27.0. The van der Waals surface area contributed by atoms with E-state index < -0.39 is 16.3 Å². The van der Waals surface area contributed by atoms with Crippen molar-refractivity contribution in [3.8, 4) is 12.3 Å². The molecule has 1 aliphatic rings. The van der Waals surface area contributed by atoms with Crippen LogP contribution in [0, 0.1) is 12.3 Å². The first kappa shape index (κ1) is 9.52. The molecule has 0 spiro atoms. The van der Waals surface area contributed by atoms with Gasteiger partial charge in [0.15, 0.2) is 0 Å². The third-order valence-electron chi connectivity index (χ3n) is 1.48. The molecule has 0 amide bonds. The molecule has 68 valence electrons. The summed E-state index contributed by atoms with van der Waals surface area (Å²) in [4.78, 5) is 0. The van der Waals surface area contributed by atoms with Crippen LogP contribution < -0.4 is 9.44 Å². The van der Waals surface area contributed by atoms with Crippen molar-refractivity contribution in [2.75, 3.05) is 0 Å². The maximum absolute atomic E-state index is 11.1. The fourth-order valence-electron chi connectivity index (χ4n) is 0.721. The molecule has 0 aliphatic heterocycles. The molecule has 1 atom stereocenters. The molecule has 5 heteroatoms. The lowest BCUT2D eigenvalue weighted by molar-refractivity contribution is 0.562. The van der Waals surface area contributed by atoms with Crippen molar-refractivity contribution in [2.24, 2.45) is 0 Å². The van der Waals surface area contributed by atoms with Gasteiger partial charge < -0.3 is 0 Å². The summed E-state index contributed by atoms with van der Waals surface area (Å²) in [5, 5.41) is 0. The number of rotatable bonds is 4. The van der Waals surface area contributed by atoms with E-state index in [4.69, 9.17) is 6.42 Å². The van der Waals surface area contributed by atoms with Gasteiger partial charge in [0.1, 0.15) is 0 Å². The van der Waals surface area contributed by atoms with Gasteiger partial charge in [-0.1, -0.05) is 5.92 Å². The highest BCUT2D eigenvalue weighted by molar-refractivity contribution is 7.87. The summed E-state index contributed by atoms with van der Waals surface area (Å²) in [6, 6.07) is -0.339. The summed E-state index contributed by atoms with van der Waals surface area (Å²) in [6.07, 6.45) is 6.86. The first-order valence-electron chi connectivity index (χ1n) is 3.79. The van der Waals surface area contributed by atoms with E-state index in [0.717, 1.165) is 12.8 Å². The smallest absolute Gasteiger partial charge is 0.199 e. The van der Waals surface area contributed by atoms with Gasteiger partial charge in [0.05, 0.1) is 6.04 Å².